The van der Waals surface area contributed by atoms with Gasteiger partial charge >= 0.3 is 0 Å². The zero-order valence-corrected chi connectivity index (χ0v) is 14.5. The largest absolute Gasteiger partial charge is 0.497 e. The summed E-state index contributed by atoms with van der Waals surface area (Å²) in [5.41, 5.74) is 1.51. The molecular weight excluding hydrogens is 350 g/mol. The first-order valence-electron chi connectivity index (χ1n) is 6.67. The summed E-state index contributed by atoms with van der Waals surface area (Å²) in [7, 11) is 1.62. The molecule has 3 rings (SSSR count). The van der Waals surface area contributed by atoms with Crippen molar-refractivity contribution in [3.63, 3.8) is 0 Å². The normalized spacial score (nSPS) is 16.3. The summed E-state index contributed by atoms with van der Waals surface area (Å²) >= 11 is 12.7. The van der Waals surface area contributed by atoms with Crippen LogP contribution < -0.4 is 9.64 Å². The minimum Gasteiger partial charge on any atom is -0.497 e. The van der Waals surface area contributed by atoms with Crippen LogP contribution in [0.3, 0.4) is 0 Å². The number of nitrogens with one attached hydrogen (secondary N) is 1. The molecule has 1 fully saturated rings. The van der Waals surface area contributed by atoms with Crippen molar-refractivity contribution in [2.45, 2.75) is 0 Å². The van der Waals surface area contributed by atoms with Crippen molar-refractivity contribution in [2.75, 3.05) is 12.0 Å². The Bertz CT molecular complexity index is 805. The van der Waals surface area contributed by atoms with Crippen LogP contribution in [0.25, 0.3) is 0 Å². The van der Waals surface area contributed by atoms with Gasteiger partial charge < -0.3 is 4.74 Å². The predicted molar refractivity (Wildman–Crippen MR) is 102 cm³/mol. The molecule has 1 heterocycles. The first-order chi connectivity index (χ1) is 11.1. The number of hydrogen-bond donors (Lipinski definition) is 1. The molecule has 0 aromatic heterocycles. The van der Waals surface area contributed by atoms with Crippen LogP contribution in [0, 0.1) is 5.41 Å². The van der Waals surface area contributed by atoms with E-state index in [1.807, 2.05) is 36.4 Å². The van der Waals surface area contributed by atoms with Crippen molar-refractivity contribution < 1.29 is 4.74 Å². The maximum absolute atomic E-state index is 8.35. The number of amidine groups is 1. The third-order valence-corrected chi connectivity index (χ3v) is 4.67. The van der Waals surface area contributed by atoms with Crippen molar-refractivity contribution in [3.05, 3.63) is 53.6 Å². The lowest BCUT2D eigenvalue weighted by atomic mass is 10.3. The number of methoxy groups -OCH3 is 1. The van der Waals surface area contributed by atoms with Crippen LogP contribution in [0.1, 0.15) is 0 Å². The predicted octanol–water partition coefficient (Wildman–Crippen LogP) is 4.89. The molecule has 0 spiro atoms. The molecule has 1 aliphatic heterocycles. The number of halogens is 1. The number of rotatable bonds is 3. The van der Waals surface area contributed by atoms with E-state index in [0.29, 0.717) is 14.4 Å². The lowest BCUT2D eigenvalue weighted by Crippen LogP contribution is -2.28. The van der Waals surface area contributed by atoms with Gasteiger partial charge in [-0.15, -0.1) is 0 Å². The fourth-order valence-corrected chi connectivity index (χ4v) is 3.47. The van der Waals surface area contributed by atoms with Crippen LogP contribution in [0.2, 0.25) is 5.02 Å². The number of ether oxygens (including phenoxy) is 1. The molecule has 2 aromatic carbocycles. The highest BCUT2D eigenvalue weighted by atomic mass is 35.5. The molecule has 1 N–H and O–H groups in total. The summed E-state index contributed by atoms with van der Waals surface area (Å²) in [6.07, 6.45) is 0. The van der Waals surface area contributed by atoms with Gasteiger partial charge in [-0.2, -0.15) is 0 Å². The number of benzene rings is 2. The number of hydrogen-bond acceptors (Lipinski definition) is 5. The summed E-state index contributed by atoms with van der Waals surface area (Å²) in [4.78, 5) is 6.16. The molecule has 0 bridgehead atoms. The van der Waals surface area contributed by atoms with Gasteiger partial charge in [0.05, 0.1) is 18.5 Å². The maximum Gasteiger partial charge on any atom is 0.164 e. The van der Waals surface area contributed by atoms with Gasteiger partial charge in [0, 0.05) is 5.02 Å². The second kappa shape index (κ2) is 6.70. The molecule has 0 unspecified atom stereocenters. The van der Waals surface area contributed by atoms with Gasteiger partial charge in [0.2, 0.25) is 0 Å². The fraction of sp³-hybridized carbons (Fsp3) is 0.0625. The molecule has 0 saturated carbocycles. The monoisotopic (exact) mass is 361 g/mol. The molecule has 1 saturated heterocycles. The Morgan fingerprint density at radius 2 is 1.96 bits per heavy atom. The molecule has 116 valence electrons. The molecule has 4 nitrogen and oxygen atoms in total. The molecule has 0 atom stereocenters. The van der Waals surface area contributed by atoms with Crippen LogP contribution in [0.5, 0.6) is 5.75 Å². The highest BCUT2D eigenvalue weighted by molar-refractivity contribution is 8.35. The molecule has 0 aliphatic carbocycles. The second-order valence-corrected chi connectivity index (χ2v) is 6.71. The van der Waals surface area contributed by atoms with Gasteiger partial charge in [0.1, 0.15) is 10.8 Å². The van der Waals surface area contributed by atoms with Crippen molar-refractivity contribution in [1.82, 2.24) is 0 Å². The Balaban J connectivity index is 1.89. The van der Waals surface area contributed by atoms with Gasteiger partial charge in [-0.3, -0.25) is 10.3 Å². The van der Waals surface area contributed by atoms with Crippen molar-refractivity contribution in [2.24, 2.45) is 4.99 Å². The van der Waals surface area contributed by atoms with Gasteiger partial charge in [0.15, 0.2) is 10.2 Å². The molecule has 2 aromatic rings. The Kier molecular flexibility index (Phi) is 4.66. The van der Waals surface area contributed by atoms with Gasteiger partial charge in [-0.05, 0) is 54.2 Å². The van der Waals surface area contributed by atoms with Crippen LogP contribution in [-0.2, 0) is 0 Å². The minimum atomic E-state index is 0.248. The van der Waals surface area contributed by atoms with Crippen molar-refractivity contribution in [3.8, 4) is 5.75 Å². The lowest BCUT2D eigenvalue weighted by Gasteiger charge is -2.16. The van der Waals surface area contributed by atoms with Gasteiger partial charge in [-0.25, -0.2) is 4.99 Å². The first-order valence-corrected chi connectivity index (χ1v) is 8.28. The van der Waals surface area contributed by atoms with Crippen LogP contribution in [-0.4, -0.2) is 22.3 Å². The molecule has 23 heavy (non-hydrogen) atoms. The molecule has 0 amide bonds. The average Bonchev–Trinajstić information content (AvgIpc) is 2.82. The Morgan fingerprint density at radius 1 is 1.22 bits per heavy atom. The van der Waals surface area contributed by atoms with Crippen LogP contribution in [0.4, 0.5) is 11.4 Å². The molecular formula is C16H12ClN3OS2. The Labute approximate surface area is 148 Å². The van der Waals surface area contributed by atoms with E-state index >= 15 is 0 Å². The summed E-state index contributed by atoms with van der Waals surface area (Å²) in [5.74, 6) is 1.01. The van der Waals surface area contributed by atoms with Crippen molar-refractivity contribution in [1.29, 1.82) is 5.41 Å². The zero-order valence-electron chi connectivity index (χ0n) is 12.1. The zero-order chi connectivity index (χ0) is 16.4. The van der Waals surface area contributed by atoms with Gasteiger partial charge in [0.25, 0.3) is 0 Å². The number of aliphatic imine (C=N–C) groups is 1. The smallest absolute Gasteiger partial charge is 0.164 e. The van der Waals surface area contributed by atoms with Gasteiger partial charge in [-0.1, -0.05) is 29.9 Å². The summed E-state index contributed by atoms with van der Waals surface area (Å²) in [6.45, 7) is 0. The molecule has 1 aliphatic rings. The quantitative estimate of drug-likeness (QED) is 0.790. The highest BCUT2D eigenvalue weighted by Crippen LogP contribution is 2.32. The molecule has 0 radical (unpaired) electrons. The molecule has 7 heteroatoms. The topological polar surface area (TPSA) is 48.7 Å². The fourth-order valence-electron chi connectivity index (χ4n) is 2.06. The standard InChI is InChI=1S/C16H12ClN3OS2/c1-21-13-7-5-11(6-8-13)19-15-14(18)20(16(22)23-15)12-4-2-3-10(17)9-12/h2-9,18H,1H3. The van der Waals surface area contributed by atoms with E-state index in [1.165, 1.54) is 11.8 Å². The van der Waals surface area contributed by atoms with E-state index in [4.69, 9.17) is 34.0 Å². The van der Waals surface area contributed by atoms with E-state index in [2.05, 4.69) is 4.99 Å². The number of nitrogens with zero attached hydrogens (tertiary/aromatic N) is 2. The number of anilines is 1. The third kappa shape index (κ3) is 3.39. The van der Waals surface area contributed by atoms with Crippen LogP contribution in [0.15, 0.2) is 53.5 Å². The van der Waals surface area contributed by atoms with E-state index < -0.39 is 0 Å². The van der Waals surface area contributed by atoms with E-state index in [-0.39, 0.29) is 5.84 Å². The van der Waals surface area contributed by atoms with Crippen molar-refractivity contribution >= 4 is 62.2 Å². The Morgan fingerprint density at radius 3 is 2.61 bits per heavy atom. The number of thioether (sulfide) groups is 1. The summed E-state index contributed by atoms with van der Waals surface area (Å²) in [5, 5.41) is 9.50. The van der Waals surface area contributed by atoms with Crippen LogP contribution >= 0.6 is 35.6 Å². The van der Waals surface area contributed by atoms with E-state index in [1.54, 1.807) is 24.1 Å². The maximum atomic E-state index is 8.35. The summed E-state index contributed by atoms with van der Waals surface area (Å²) < 4.78 is 5.69. The number of thiocarbonyl (C=S) groups is 1. The highest BCUT2D eigenvalue weighted by Gasteiger charge is 2.31. The first kappa shape index (κ1) is 16.0. The SMILES string of the molecule is COc1ccc(N=C2SC(=S)N(c3cccc(Cl)c3)C2=N)cc1. The van der Waals surface area contributed by atoms with E-state index in [0.717, 1.165) is 17.1 Å². The Hall–Kier alpha value is -1.89. The van der Waals surface area contributed by atoms with E-state index in [9.17, 15) is 0 Å². The second-order valence-electron chi connectivity index (χ2n) is 4.65. The minimum absolute atomic E-state index is 0.248. The summed E-state index contributed by atoms with van der Waals surface area (Å²) in [6, 6.07) is 14.6. The lowest BCUT2D eigenvalue weighted by molar-refractivity contribution is 0.415. The average molecular weight is 362 g/mol. The third-order valence-electron chi connectivity index (χ3n) is 3.16.